The molecule has 0 saturated carbocycles. The zero-order chi connectivity index (χ0) is 20.4. The zero-order valence-electron chi connectivity index (χ0n) is 17.6. The predicted octanol–water partition coefficient (Wildman–Crippen LogP) is 4.63. The first-order valence-corrected chi connectivity index (χ1v) is 10.2. The van der Waals surface area contributed by atoms with Crippen LogP contribution in [0.25, 0.3) is 0 Å². The standard InChI is InChI=1S/C21H30N4O2S.HI/c1-6-12-27-19-11-9-8-10-17(19)13-23-21(22-7-2)25(4)14-18-15-28-20(24-18)16(3)26-5;/h6,8-11,15-16H,1,7,12-14H2,2-5H3,(H,22,23);1H. The van der Waals surface area contributed by atoms with Crippen LogP contribution in [0, 0.1) is 0 Å². The van der Waals surface area contributed by atoms with E-state index < -0.39 is 0 Å². The third kappa shape index (κ3) is 7.94. The Labute approximate surface area is 195 Å². The van der Waals surface area contributed by atoms with Crippen LogP contribution in [0.4, 0.5) is 0 Å². The van der Waals surface area contributed by atoms with E-state index in [0.717, 1.165) is 34.5 Å². The molecule has 1 heterocycles. The number of thiazole rings is 1. The van der Waals surface area contributed by atoms with E-state index in [2.05, 4.69) is 34.1 Å². The minimum Gasteiger partial charge on any atom is -0.489 e. The average molecular weight is 530 g/mol. The van der Waals surface area contributed by atoms with Crippen LogP contribution in [0.2, 0.25) is 0 Å². The van der Waals surface area contributed by atoms with Crippen LogP contribution < -0.4 is 10.1 Å². The first-order valence-electron chi connectivity index (χ1n) is 9.37. The number of rotatable bonds is 10. The number of benzene rings is 1. The third-order valence-electron chi connectivity index (χ3n) is 4.09. The number of hydrogen-bond acceptors (Lipinski definition) is 5. The van der Waals surface area contributed by atoms with Gasteiger partial charge in [0.15, 0.2) is 5.96 Å². The lowest BCUT2D eigenvalue weighted by molar-refractivity contribution is 0.119. The van der Waals surface area contributed by atoms with Crippen LogP contribution in [-0.4, -0.2) is 43.2 Å². The Kier molecular flexibility index (Phi) is 11.9. The number of nitrogens with zero attached hydrogens (tertiary/aromatic N) is 3. The topological polar surface area (TPSA) is 59.0 Å². The Morgan fingerprint density at radius 3 is 2.86 bits per heavy atom. The van der Waals surface area contributed by atoms with E-state index in [1.54, 1.807) is 24.5 Å². The average Bonchev–Trinajstić information content (AvgIpc) is 3.17. The Morgan fingerprint density at radius 2 is 2.17 bits per heavy atom. The van der Waals surface area contributed by atoms with E-state index in [0.29, 0.717) is 19.7 Å². The maximum absolute atomic E-state index is 5.73. The molecule has 0 spiro atoms. The summed E-state index contributed by atoms with van der Waals surface area (Å²) in [6, 6.07) is 7.95. The molecule has 0 amide bonds. The molecular weight excluding hydrogens is 499 g/mol. The number of nitrogens with one attached hydrogen (secondary N) is 1. The molecule has 0 fully saturated rings. The van der Waals surface area contributed by atoms with E-state index in [9.17, 15) is 0 Å². The van der Waals surface area contributed by atoms with E-state index in [1.807, 2.05) is 38.2 Å². The number of guanidine groups is 1. The van der Waals surface area contributed by atoms with Crippen LogP contribution in [0.1, 0.15) is 36.2 Å². The van der Waals surface area contributed by atoms with Gasteiger partial charge in [-0.05, 0) is 19.9 Å². The normalized spacial score (nSPS) is 12.1. The molecule has 29 heavy (non-hydrogen) atoms. The van der Waals surface area contributed by atoms with Crippen molar-refractivity contribution in [2.24, 2.45) is 4.99 Å². The molecule has 0 aliphatic heterocycles. The number of methoxy groups -OCH3 is 1. The molecule has 1 N–H and O–H groups in total. The summed E-state index contributed by atoms with van der Waals surface area (Å²) in [6.45, 7) is 10.2. The van der Waals surface area contributed by atoms with Crippen molar-refractivity contribution in [3.8, 4) is 5.75 Å². The first kappa shape index (κ1) is 25.4. The maximum Gasteiger partial charge on any atom is 0.194 e. The highest BCUT2D eigenvalue weighted by molar-refractivity contribution is 14.0. The number of halogens is 1. The van der Waals surface area contributed by atoms with Crippen molar-refractivity contribution in [1.82, 2.24) is 15.2 Å². The number of aromatic nitrogens is 1. The highest BCUT2D eigenvalue weighted by Gasteiger charge is 2.13. The van der Waals surface area contributed by atoms with Gasteiger partial charge in [-0.2, -0.15) is 0 Å². The van der Waals surface area contributed by atoms with Gasteiger partial charge in [0.1, 0.15) is 23.5 Å². The molecule has 8 heteroatoms. The second-order valence-corrected chi connectivity index (χ2v) is 7.18. The van der Waals surface area contributed by atoms with Gasteiger partial charge < -0.3 is 19.7 Å². The Bertz CT molecular complexity index is 782. The van der Waals surface area contributed by atoms with Gasteiger partial charge in [-0.1, -0.05) is 30.9 Å². The quantitative estimate of drug-likeness (QED) is 0.210. The molecule has 0 radical (unpaired) electrons. The lowest BCUT2D eigenvalue weighted by Gasteiger charge is -2.21. The van der Waals surface area contributed by atoms with E-state index >= 15 is 0 Å². The monoisotopic (exact) mass is 530 g/mol. The molecule has 0 aliphatic carbocycles. The van der Waals surface area contributed by atoms with Crippen molar-refractivity contribution >= 4 is 41.3 Å². The van der Waals surface area contributed by atoms with Crippen molar-refractivity contribution in [2.75, 3.05) is 27.3 Å². The van der Waals surface area contributed by atoms with Crippen LogP contribution in [0.15, 0.2) is 47.3 Å². The maximum atomic E-state index is 5.73. The molecule has 0 bridgehead atoms. The molecule has 1 aromatic heterocycles. The summed E-state index contributed by atoms with van der Waals surface area (Å²) in [5, 5.41) is 6.41. The second kappa shape index (κ2) is 13.6. The van der Waals surface area contributed by atoms with Gasteiger partial charge in [-0.15, -0.1) is 35.3 Å². The molecule has 0 saturated heterocycles. The van der Waals surface area contributed by atoms with Crippen molar-refractivity contribution in [3.63, 3.8) is 0 Å². The van der Waals surface area contributed by atoms with E-state index in [4.69, 9.17) is 14.5 Å². The van der Waals surface area contributed by atoms with Crippen molar-refractivity contribution in [3.05, 3.63) is 58.6 Å². The number of aliphatic imine (C=N–C) groups is 1. The van der Waals surface area contributed by atoms with Gasteiger partial charge >= 0.3 is 0 Å². The van der Waals surface area contributed by atoms with E-state index in [1.165, 1.54) is 0 Å². The molecule has 1 aromatic carbocycles. The fourth-order valence-electron chi connectivity index (χ4n) is 2.55. The van der Waals surface area contributed by atoms with Crippen LogP contribution in [0.3, 0.4) is 0 Å². The van der Waals surface area contributed by atoms with Gasteiger partial charge in [0, 0.05) is 31.6 Å². The highest BCUT2D eigenvalue weighted by atomic mass is 127. The summed E-state index contributed by atoms with van der Waals surface area (Å²) in [5.41, 5.74) is 2.05. The Balaban J connectivity index is 0.00000420. The summed E-state index contributed by atoms with van der Waals surface area (Å²) in [6.07, 6.45) is 1.75. The van der Waals surface area contributed by atoms with Gasteiger partial charge in [0.2, 0.25) is 0 Å². The summed E-state index contributed by atoms with van der Waals surface area (Å²) in [7, 11) is 3.71. The van der Waals surface area contributed by atoms with Crippen molar-refractivity contribution in [1.29, 1.82) is 0 Å². The molecule has 2 aromatic rings. The Hall–Kier alpha value is -1.65. The number of para-hydroxylation sites is 1. The fourth-order valence-corrected chi connectivity index (χ4v) is 3.40. The van der Waals surface area contributed by atoms with Crippen LogP contribution in [-0.2, 0) is 17.8 Å². The highest BCUT2D eigenvalue weighted by Crippen LogP contribution is 2.21. The molecule has 2 rings (SSSR count). The number of hydrogen-bond donors (Lipinski definition) is 1. The smallest absolute Gasteiger partial charge is 0.194 e. The van der Waals surface area contributed by atoms with E-state index in [-0.39, 0.29) is 30.1 Å². The van der Waals surface area contributed by atoms with Crippen molar-refractivity contribution in [2.45, 2.75) is 33.0 Å². The minimum atomic E-state index is 0. The SMILES string of the molecule is C=CCOc1ccccc1CN=C(NCC)N(C)Cc1csc(C(C)OC)n1.I. The van der Waals surface area contributed by atoms with Crippen LogP contribution in [0.5, 0.6) is 5.75 Å². The van der Waals surface area contributed by atoms with Gasteiger partial charge in [-0.3, -0.25) is 0 Å². The second-order valence-electron chi connectivity index (χ2n) is 6.29. The van der Waals surface area contributed by atoms with Crippen molar-refractivity contribution < 1.29 is 9.47 Å². The third-order valence-corrected chi connectivity index (χ3v) is 5.15. The fraction of sp³-hybridized carbons (Fsp3) is 0.429. The zero-order valence-corrected chi connectivity index (χ0v) is 20.7. The Morgan fingerprint density at radius 1 is 1.41 bits per heavy atom. The molecule has 0 aliphatic rings. The lowest BCUT2D eigenvalue weighted by Crippen LogP contribution is -2.38. The van der Waals surface area contributed by atoms with Crippen LogP contribution >= 0.6 is 35.3 Å². The molecule has 160 valence electrons. The predicted molar refractivity (Wildman–Crippen MR) is 131 cm³/mol. The molecular formula is C21H31IN4O2S. The summed E-state index contributed by atoms with van der Waals surface area (Å²) < 4.78 is 11.1. The molecule has 1 unspecified atom stereocenters. The largest absolute Gasteiger partial charge is 0.489 e. The minimum absolute atomic E-state index is 0. The summed E-state index contributed by atoms with van der Waals surface area (Å²) in [5.74, 6) is 1.66. The van der Waals surface area contributed by atoms with Gasteiger partial charge in [0.05, 0.1) is 18.8 Å². The molecule has 1 atom stereocenters. The summed E-state index contributed by atoms with van der Waals surface area (Å²) in [4.78, 5) is 11.5. The first-order chi connectivity index (χ1) is 13.6. The summed E-state index contributed by atoms with van der Waals surface area (Å²) >= 11 is 1.62. The number of ether oxygens (including phenoxy) is 2. The van der Waals surface area contributed by atoms with Gasteiger partial charge in [-0.25, -0.2) is 9.98 Å². The van der Waals surface area contributed by atoms with Gasteiger partial charge in [0.25, 0.3) is 0 Å². The molecule has 6 nitrogen and oxygen atoms in total. The lowest BCUT2D eigenvalue weighted by atomic mass is 10.2.